The third-order valence-corrected chi connectivity index (χ3v) is 2.36. The van der Waals surface area contributed by atoms with E-state index in [2.05, 4.69) is 29.2 Å². The SMILES string of the molecule is CCCNCCN(C)Cc1ocnc1C. The summed E-state index contributed by atoms with van der Waals surface area (Å²) in [4.78, 5) is 6.30. The quantitative estimate of drug-likeness (QED) is 0.692. The maximum atomic E-state index is 5.29. The lowest BCUT2D eigenvalue weighted by molar-refractivity contribution is 0.293. The topological polar surface area (TPSA) is 41.3 Å². The minimum atomic E-state index is 0.833. The van der Waals surface area contributed by atoms with Crippen LogP contribution in [0.25, 0.3) is 0 Å². The molecule has 0 aliphatic heterocycles. The van der Waals surface area contributed by atoms with Crippen LogP contribution in [0.15, 0.2) is 10.8 Å². The molecule has 0 amide bonds. The van der Waals surface area contributed by atoms with Crippen LogP contribution in [-0.2, 0) is 6.54 Å². The molecule has 0 aliphatic rings. The fourth-order valence-electron chi connectivity index (χ4n) is 1.37. The minimum absolute atomic E-state index is 0.833. The third kappa shape index (κ3) is 4.44. The molecule has 1 N–H and O–H groups in total. The molecular weight excluding hydrogens is 190 g/mol. The van der Waals surface area contributed by atoms with Crippen molar-refractivity contribution >= 4 is 0 Å². The van der Waals surface area contributed by atoms with Crippen molar-refractivity contribution in [1.29, 1.82) is 0 Å². The van der Waals surface area contributed by atoms with Gasteiger partial charge in [-0.3, -0.25) is 4.90 Å². The molecule has 0 saturated heterocycles. The van der Waals surface area contributed by atoms with Gasteiger partial charge >= 0.3 is 0 Å². The Kier molecular flexibility index (Phi) is 5.36. The lowest BCUT2D eigenvalue weighted by Gasteiger charge is -2.15. The molecule has 0 bridgehead atoms. The molecule has 15 heavy (non-hydrogen) atoms. The van der Waals surface area contributed by atoms with Crippen LogP contribution >= 0.6 is 0 Å². The van der Waals surface area contributed by atoms with E-state index in [1.165, 1.54) is 12.8 Å². The highest BCUT2D eigenvalue weighted by atomic mass is 16.3. The summed E-state index contributed by atoms with van der Waals surface area (Å²) < 4.78 is 5.29. The van der Waals surface area contributed by atoms with E-state index in [4.69, 9.17) is 4.42 Å². The number of likely N-dealkylation sites (N-methyl/N-ethyl adjacent to an activating group) is 1. The minimum Gasteiger partial charge on any atom is -0.447 e. The summed E-state index contributed by atoms with van der Waals surface area (Å²) in [5, 5.41) is 3.37. The summed E-state index contributed by atoms with van der Waals surface area (Å²) in [6.45, 7) is 8.13. The van der Waals surface area contributed by atoms with Gasteiger partial charge in [-0.05, 0) is 26.9 Å². The molecule has 4 nitrogen and oxygen atoms in total. The number of rotatable bonds is 7. The molecule has 1 heterocycles. The number of nitrogens with zero attached hydrogens (tertiary/aromatic N) is 2. The summed E-state index contributed by atoms with van der Waals surface area (Å²) in [7, 11) is 2.09. The van der Waals surface area contributed by atoms with Gasteiger partial charge in [0, 0.05) is 13.1 Å². The van der Waals surface area contributed by atoms with Crippen molar-refractivity contribution in [2.24, 2.45) is 0 Å². The van der Waals surface area contributed by atoms with Crippen molar-refractivity contribution in [1.82, 2.24) is 15.2 Å². The molecule has 0 aliphatic carbocycles. The highest BCUT2D eigenvalue weighted by molar-refractivity contribution is 5.03. The van der Waals surface area contributed by atoms with Crippen molar-refractivity contribution in [3.05, 3.63) is 17.8 Å². The second-order valence-corrected chi connectivity index (χ2v) is 3.85. The molecule has 1 aromatic heterocycles. The number of nitrogens with one attached hydrogen (secondary N) is 1. The Hall–Kier alpha value is -0.870. The van der Waals surface area contributed by atoms with Gasteiger partial charge in [0.15, 0.2) is 6.39 Å². The molecule has 1 rings (SSSR count). The van der Waals surface area contributed by atoms with Gasteiger partial charge in [0.05, 0.1) is 12.2 Å². The van der Waals surface area contributed by atoms with Gasteiger partial charge < -0.3 is 9.73 Å². The summed E-state index contributed by atoms with van der Waals surface area (Å²) in [5.74, 6) is 0.966. The van der Waals surface area contributed by atoms with Crippen LogP contribution in [-0.4, -0.2) is 36.6 Å². The van der Waals surface area contributed by atoms with Gasteiger partial charge in [-0.15, -0.1) is 0 Å². The first-order valence-corrected chi connectivity index (χ1v) is 5.52. The standard InChI is InChI=1S/C11H21N3O/c1-4-5-12-6-7-14(3)8-11-10(2)13-9-15-11/h9,12H,4-8H2,1-3H3. The molecular formula is C11H21N3O. The Morgan fingerprint density at radius 3 is 2.87 bits per heavy atom. The Bertz CT molecular complexity index is 273. The van der Waals surface area contributed by atoms with E-state index < -0.39 is 0 Å². The first-order valence-electron chi connectivity index (χ1n) is 5.52. The van der Waals surface area contributed by atoms with E-state index in [0.717, 1.165) is 37.6 Å². The first kappa shape index (κ1) is 12.2. The lowest BCUT2D eigenvalue weighted by atomic mass is 10.3. The van der Waals surface area contributed by atoms with Gasteiger partial charge in [-0.1, -0.05) is 6.92 Å². The maximum Gasteiger partial charge on any atom is 0.181 e. The molecule has 0 atom stereocenters. The second kappa shape index (κ2) is 6.58. The molecule has 4 heteroatoms. The van der Waals surface area contributed by atoms with Crippen LogP contribution < -0.4 is 5.32 Å². The van der Waals surface area contributed by atoms with Crippen molar-refractivity contribution in [2.45, 2.75) is 26.8 Å². The monoisotopic (exact) mass is 211 g/mol. The zero-order valence-electron chi connectivity index (χ0n) is 9.92. The lowest BCUT2D eigenvalue weighted by Crippen LogP contribution is -2.29. The number of hydrogen-bond acceptors (Lipinski definition) is 4. The molecule has 0 aromatic carbocycles. The highest BCUT2D eigenvalue weighted by Crippen LogP contribution is 2.06. The highest BCUT2D eigenvalue weighted by Gasteiger charge is 2.06. The summed E-state index contributed by atoms with van der Waals surface area (Å²) >= 11 is 0. The molecule has 0 saturated carbocycles. The Morgan fingerprint density at radius 1 is 1.47 bits per heavy atom. The zero-order chi connectivity index (χ0) is 11.1. The number of hydrogen-bond donors (Lipinski definition) is 1. The van der Waals surface area contributed by atoms with Gasteiger partial charge in [-0.2, -0.15) is 0 Å². The summed E-state index contributed by atoms with van der Waals surface area (Å²) in [6, 6.07) is 0. The van der Waals surface area contributed by atoms with Crippen molar-refractivity contribution in [3.8, 4) is 0 Å². The Balaban J connectivity index is 2.18. The van der Waals surface area contributed by atoms with E-state index in [-0.39, 0.29) is 0 Å². The molecule has 0 unspecified atom stereocenters. The molecule has 86 valence electrons. The fraction of sp³-hybridized carbons (Fsp3) is 0.727. The molecule has 1 aromatic rings. The maximum absolute atomic E-state index is 5.29. The molecule has 0 spiro atoms. The van der Waals surface area contributed by atoms with E-state index >= 15 is 0 Å². The second-order valence-electron chi connectivity index (χ2n) is 3.85. The van der Waals surface area contributed by atoms with Gasteiger partial charge in [-0.25, -0.2) is 4.98 Å². The van der Waals surface area contributed by atoms with Crippen LogP contribution in [0.1, 0.15) is 24.8 Å². The summed E-state index contributed by atoms with van der Waals surface area (Å²) in [6.07, 6.45) is 2.69. The number of aromatic nitrogens is 1. The number of oxazole rings is 1. The predicted octanol–water partition coefficient (Wildman–Crippen LogP) is 1.41. The van der Waals surface area contributed by atoms with Crippen molar-refractivity contribution in [3.63, 3.8) is 0 Å². The predicted molar refractivity (Wildman–Crippen MR) is 60.7 cm³/mol. The fourth-order valence-corrected chi connectivity index (χ4v) is 1.37. The van der Waals surface area contributed by atoms with Crippen molar-refractivity contribution < 1.29 is 4.42 Å². The van der Waals surface area contributed by atoms with Crippen molar-refractivity contribution in [2.75, 3.05) is 26.7 Å². The van der Waals surface area contributed by atoms with Crippen LogP contribution in [0, 0.1) is 6.92 Å². The summed E-state index contributed by atoms with van der Waals surface area (Å²) in [5.41, 5.74) is 0.989. The van der Waals surface area contributed by atoms with E-state index in [9.17, 15) is 0 Å². The first-order chi connectivity index (χ1) is 7.24. The van der Waals surface area contributed by atoms with Crippen LogP contribution in [0.2, 0.25) is 0 Å². The molecule has 0 radical (unpaired) electrons. The number of aryl methyl sites for hydroxylation is 1. The van der Waals surface area contributed by atoms with Gasteiger partial charge in [0.1, 0.15) is 5.76 Å². The van der Waals surface area contributed by atoms with Crippen LogP contribution in [0.5, 0.6) is 0 Å². The Labute approximate surface area is 91.7 Å². The van der Waals surface area contributed by atoms with E-state index in [1.54, 1.807) is 0 Å². The van der Waals surface area contributed by atoms with Crippen LogP contribution in [0.4, 0.5) is 0 Å². The Morgan fingerprint density at radius 2 is 2.27 bits per heavy atom. The zero-order valence-corrected chi connectivity index (χ0v) is 9.92. The smallest absolute Gasteiger partial charge is 0.181 e. The van der Waals surface area contributed by atoms with Gasteiger partial charge in [0.2, 0.25) is 0 Å². The molecule has 0 fully saturated rings. The van der Waals surface area contributed by atoms with Crippen LogP contribution in [0.3, 0.4) is 0 Å². The largest absolute Gasteiger partial charge is 0.447 e. The van der Waals surface area contributed by atoms with E-state index in [0.29, 0.717) is 0 Å². The van der Waals surface area contributed by atoms with E-state index in [1.807, 2.05) is 6.92 Å². The average molecular weight is 211 g/mol. The average Bonchev–Trinajstić information content (AvgIpc) is 2.59. The third-order valence-electron chi connectivity index (χ3n) is 2.36. The normalized spacial score (nSPS) is 11.2. The van der Waals surface area contributed by atoms with Gasteiger partial charge in [0.25, 0.3) is 0 Å².